The zero-order valence-corrected chi connectivity index (χ0v) is 24.3. The fourth-order valence-electron chi connectivity index (χ4n) is 3.85. The minimum atomic E-state index is -3.95. The van der Waals surface area contributed by atoms with Crippen molar-refractivity contribution in [3.8, 4) is 0 Å². The number of anilines is 1. The average Bonchev–Trinajstić information content (AvgIpc) is 3.46. The third kappa shape index (κ3) is 9.36. The molecule has 0 aliphatic heterocycles. The normalized spacial score (nSPS) is 11.4. The van der Waals surface area contributed by atoms with Crippen molar-refractivity contribution < 1.29 is 27.2 Å². The van der Waals surface area contributed by atoms with Crippen molar-refractivity contribution in [1.29, 1.82) is 0 Å². The predicted molar refractivity (Wildman–Crippen MR) is 162 cm³/mol. The standard InChI is InChI=1S/C30H28ClN5O6S/c31-23-10-7-11-24(18-23)34-30(39)29(38)32-19-25-14-15-26(42-25)20-33-35-28(37)21-36(17-16-22-8-3-1-4-9-22)43(40,41)27-12-5-2-6-13-27/h1-15,18,20H,16-17,19,21H2,(H,32,38)(H,34,39)(H,35,37)/b33-20-. The number of nitrogens with zero attached hydrogens (tertiary/aromatic N) is 2. The van der Waals surface area contributed by atoms with Crippen LogP contribution in [0.25, 0.3) is 0 Å². The highest BCUT2D eigenvalue weighted by Crippen LogP contribution is 2.17. The summed E-state index contributed by atoms with van der Waals surface area (Å²) in [4.78, 5) is 37.0. The molecule has 0 saturated heterocycles. The van der Waals surface area contributed by atoms with Crippen molar-refractivity contribution in [3.05, 3.63) is 119 Å². The Hall–Kier alpha value is -4.78. The van der Waals surface area contributed by atoms with Gasteiger partial charge in [-0.1, -0.05) is 66.2 Å². The zero-order chi connectivity index (χ0) is 30.7. The Labute approximate surface area is 253 Å². The van der Waals surface area contributed by atoms with Crippen molar-refractivity contribution >= 4 is 51.2 Å². The lowest BCUT2D eigenvalue weighted by atomic mass is 10.1. The number of hydrogen-bond donors (Lipinski definition) is 3. The van der Waals surface area contributed by atoms with E-state index in [0.29, 0.717) is 22.9 Å². The van der Waals surface area contributed by atoms with Crippen LogP contribution in [0.3, 0.4) is 0 Å². The van der Waals surface area contributed by atoms with E-state index in [1.807, 2.05) is 30.3 Å². The van der Waals surface area contributed by atoms with Crippen molar-refractivity contribution in [3.63, 3.8) is 0 Å². The monoisotopic (exact) mass is 621 g/mol. The lowest BCUT2D eigenvalue weighted by molar-refractivity contribution is -0.136. The molecular weight excluding hydrogens is 594 g/mol. The van der Waals surface area contributed by atoms with Crippen molar-refractivity contribution in [2.45, 2.75) is 17.9 Å². The second-order valence-electron chi connectivity index (χ2n) is 9.13. The fraction of sp³-hybridized carbons (Fsp3) is 0.133. The Morgan fingerprint density at radius 3 is 2.33 bits per heavy atom. The number of hydrogen-bond acceptors (Lipinski definition) is 7. The van der Waals surface area contributed by atoms with Gasteiger partial charge in [-0.15, -0.1) is 0 Å². The number of hydrazone groups is 1. The molecule has 0 bridgehead atoms. The second kappa shape index (κ2) is 14.9. The van der Waals surface area contributed by atoms with Crippen LogP contribution in [0.15, 0.2) is 111 Å². The van der Waals surface area contributed by atoms with E-state index in [1.165, 1.54) is 24.4 Å². The summed E-state index contributed by atoms with van der Waals surface area (Å²) in [6.07, 6.45) is 1.65. The van der Waals surface area contributed by atoms with E-state index < -0.39 is 34.3 Å². The van der Waals surface area contributed by atoms with Crippen LogP contribution >= 0.6 is 11.6 Å². The summed E-state index contributed by atoms with van der Waals surface area (Å²) in [5.41, 5.74) is 3.63. The molecule has 3 amide bonds. The van der Waals surface area contributed by atoms with Gasteiger partial charge in [0.15, 0.2) is 0 Å². The molecule has 0 aliphatic carbocycles. The molecule has 1 heterocycles. The van der Waals surface area contributed by atoms with Gasteiger partial charge in [-0.2, -0.15) is 9.41 Å². The number of amides is 3. The highest BCUT2D eigenvalue weighted by atomic mass is 35.5. The van der Waals surface area contributed by atoms with E-state index in [9.17, 15) is 22.8 Å². The maximum Gasteiger partial charge on any atom is 0.313 e. The van der Waals surface area contributed by atoms with Crippen LogP contribution in [0.1, 0.15) is 17.1 Å². The number of sulfonamides is 1. The first-order chi connectivity index (χ1) is 20.7. The van der Waals surface area contributed by atoms with E-state index in [1.54, 1.807) is 48.5 Å². The molecule has 11 nitrogen and oxygen atoms in total. The molecule has 0 aliphatic rings. The molecule has 0 radical (unpaired) electrons. The number of furan rings is 1. The van der Waals surface area contributed by atoms with E-state index in [0.717, 1.165) is 9.87 Å². The number of benzene rings is 3. The van der Waals surface area contributed by atoms with E-state index in [2.05, 4.69) is 21.2 Å². The highest BCUT2D eigenvalue weighted by Gasteiger charge is 2.26. The van der Waals surface area contributed by atoms with Crippen LogP contribution in [0.2, 0.25) is 5.02 Å². The Morgan fingerprint density at radius 1 is 0.884 bits per heavy atom. The van der Waals surface area contributed by atoms with E-state index in [-0.39, 0.29) is 23.7 Å². The second-order valence-corrected chi connectivity index (χ2v) is 11.5. The third-order valence-corrected chi connectivity index (χ3v) is 8.06. The summed E-state index contributed by atoms with van der Waals surface area (Å²) < 4.78 is 33.2. The van der Waals surface area contributed by atoms with Crippen LogP contribution in [0.4, 0.5) is 5.69 Å². The molecule has 4 aromatic rings. The smallest absolute Gasteiger partial charge is 0.313 e. The van der Waals surface area contributed by atoms with Crippen molar-refractivity contribution in [1.82, 2.24) is 15.0 Å². The molecule has 0 unspecified atom stereocenters. The molecule has 222 valence electrons. The van der Waals surface area contributed by atoms with E-state index in [4.69, 9.17) is 16.0 Å². The quantitative estimate of drug-likeness (QED) is 0.125. The molecule has 13 heteroatoms. The molecule has 1 aromatic heterocycles. The first-order valence-corrected chi connectivity index (χ1v) is 14.9. The first kappa shape index (κ1) is 31.2. The number of halogens is 1. The molecule has 0 atom stereocenters. The van der Waals surface area contributed by atoms with E-state index >= 15 is 0 Å². The van der Waals surface area contributed by atoms with Crippen molar-refractivity contribution in [2.24, 2.45) is 5.10 Å². The van der Waals surface area contributed by atoms with Gasteiger partial charge >= 0.3 is 11.8 Å². The molecule has 0 fully saturated rings. The van der Waals surface area contributed by atoms with Gasteiger partial charge < -0.3 is 15.1 Å². The SMILES string of the molecule is O=C(CN(CCc1ccccc1)S(=O)(=O)c1ccccc1)N/N=C\c1ccc(CNC(=O)C(=O)Nc2cccc(Cl)c2)o1. The molecule has 3 N–H and O–H groups in total. The minimum absolute atomic E-state index is 0.0737. The molecule has 43 heavy (non-hydrogen) atoms. The fourth-order valence-corrected chi connectivity index (χ4v) is 5.46. The summed E-state index contributed by atoms with van der Waals surface area (Å²) in [5.74, 6) is -1.80. The summed E-state index contributed by atoms with van der Waals surface area (Å²) >= 11 is 5.88. The highest BCUT2D eigenvalue weighted by molar-refractivity contribution is 7.89. The van der Waals surface area contributed by atoms with Gasteiger partial charge in [0.25, 0.3) is 5.91 Å². The molecule has 0 spiro atoms. The van der Waals surface area contributed by atoms with Gasteiger partial charge in [0.1, 0.15) is 11.5 Å². The number of carbonyl (C=O) groups excluding carboxylic acids is 3. The van der Waals surface area contributed by atoms with Gasteiger partial charge in [0.2, 0.25) is 10.0 Å². The van der Waals surface area contributed by atoms with Crippen molar-refractivity contribution in [2.75, 3.05) is 18.4 Å². The summed E-state index contributed by atoms with van der Waals surface area (Å²) in [6.45, 7) is -0.438. The molecule has 3 aromatic carbocycles. The van der Waals surface area contributed by atoms with Crippen LogP contribution in [-0.2, 0) is 37.4 Å². The maximum absolute atomic E-state index is 13.3. The van der Waals surface area contributed by atoms with Gasteiger partial charge in [0, 0.05) is 17.3 Å². The Morgan fingerprint density at radius 2 is 1.60 bits per heavy atom. The number of carbonyl (C=O) groups is 3. The lowest BCUT2D eigenvalue weighted by Crippen LogP contribution is -2.40. The lowest BCUT2D eigenvalue weighted by Gasteiger charge is -2.21. The summed E-state index contributed by atoms with van der Waals surface area (Å²) in [7, 11) is -3.95. The number of rotatable bonds is 12. The molecule has 4 rings (SSSR count). The topological polar surface area (TPSA) is 150 Å². The first-order valence-electron chi connectivity index (χ1n) is 13.1. The Bertz CT molecular complexity index is 1690. The number of nitrogens with one attached hydrogen (secondary N) is 3. The Balaban J connectivity index is 1.30. The van der Waals surface area contributed by atoms with Gasteiger partial charge in [-0.3, -0.25) is 14.4 Å². The predicted octanol–water partition coefficient (Wildman–Crippen LogP) is 3.57. The van der Waals surface area contributed by atoms with Crippen LogP contribution < -0.4 is 16.1 Å². The minimum Gasteiger partial charge on any atom is -0.458 e. The van der Waals surface area contributed by atoms with Crippen LogP contribution in [0.5, 0.6) is 0 Å². The zero-order valence-electron chi connectivity index (χ0n) is 22.8. The van der Waals surface area contributed by atoms with Crippen LogP contribution in [0, 0.1) is 0 Å². The Kier molecular flexibility index (Phi) is 10.8. The third-order valence-electron chi connectivity index (χ3n) is 5.97. The maximum atomic E-state index is 13.3. The average molecular weight is 622 g/mol. The summed E-state index contributed by atoms with van der Waals surface area (Å²) in [6, 6.07) is 26.8. The largest absolute Gasteiger partial charge is 0.458 e. The van der Waals surface area contributed by atoms with Gasteiger partial charge in [0.05, 0.1) is 24.2 Å². The molecule has 0 saturated carbocycles. The summed E-state index contributed by atoms with van der Waals surface area (Å²) in [5, 5.41) is 9.15. The van der Waals surface area contributed by atoms with Gasteiger partial charge in [-0.25, -0.2) is 13.8 Å². The molecular formula is C30H28ClN5O6S. The van der Waals surface area contributed by atoms with Gasteiger partial charge in [-0.05, 0) is 54.4 Å². The van der Waals surface area contributed by atoms with Crippen LogP contribution in [-0.4, -0.2) is 49.7 Å².